The van der Waals surface area contributed by atoms with Gasteiger partial charge in [0.2, 0.25) is 0 Å². The van der Waals surface area contributed by atoms with Crippen LogP contribution in [0.4, 0.5) is 0 Å². The molecule has 7 nitrogen and oxygen atoms in total. The molecule has 11 aromatic rings. The number of benzene rings is 8. The third-order valence-corrected chi connectivity index (χ3v) is 11.3. The van der Waals surface area contributed by atoms with E-state index in [2.05, 4.69) is 89.5 Å². The minimum absolute atomic E-state index is 0.511. The van der Waals surface area contributed by atoms with Crippen molar-refractivity contribution >= 4 is 21.8 Å². The fraction of sp³-hybridized carbons (Fsp3) is 0. The van der Waals surface area contributed by atoms with Gasteiger partial charge in [0.1, 0.15) is 0 Å². The second-order valence-corrected chi connectivity index (χ2v) is 15.2. The van der Waals surface area contributed by atoms with Gasteiger partial charge in [0.25, 0.3) is 0 Å². The Morgan fingerprint density at radius 2 is 0.825 bits per heavy atom. The van der Waals surface area contributed by atoms with Gasteiger partial charge < -0.3 is 4.57 Å². The highest BCUT2D eigenvalue weighted by Crippen LogP contribution is 2.40. The maximum Gasteiger partial charge on any atom is 0.166 e. The molecule has 0 aliphatic heterocycles. The maximum atomic E-state index is 10.1. The van der Waals surface area contributed by atoms with Crippen molar-refractivity contribution in [2.45, 2.75) is 0 Å². The summed E-state index contributed by atoms with van der Waals surface area (Å²) in [7, 11) is 0. The zero-order valence-corrected chi connectivity index (χ0v) is 33.8. The number of nitriles is 1. The van der Waals surface area contributed by atoms with E-state index in [0.29, 0.717) is 28.9 Å². The van der Waals surface area contributed by atoms with Gasteiger partial charge >= 0.3 is 0 Å². The number of rotatable bonds is 8. The van der Waals surface area contributed by atoms with E-state index in [1.807, 2.05) is 133 Å². The Balaban J connectivity index is 1.21. The average molecular weight is 806 g/mol. The smallest absolute Gasteiger partial charge is 0.166 e. The van der Waals surface area contributed by atoms with E-state index in [9.17, 15) is 5.26 Å². The molecule has 0 bridgehead atoms. The first-order valence-corrected chi connectivity index (χ1v) is 20.7. The molecule has 0 saturated heterocycles. The lowest BCUT2D eigenvalue weighted by molar-refractivity contribution is 1.06. The van der Waals surface area contributed by atoms with Crippen molar-refractivity contribution in [3.63, 3.8) is 0 Å². The van der Waals surface area contributed by atoms with Gasteiger partial charge in [0.05, 0.1) is 39.7 Å². The maximum absolute atomic E-state index is 10.1. The molecular weight excluding hydrogens is 771 g/mol. The summed E-state index contributed by atoms with van der Waals surface area (Å²) < 4.78 is 2.29. The molecule has 11 rings (SSSR count). The molecule has 0 saturated carbocycles. The van der Waals surface area contributed by atoms with Crippen LogP contribution in [0.5, 0.6) is 0 Å². The summed E-state index contributed by atoms with van der Waals surface area (Å²) in [5, 5.41) is 12.3. The lowest BCUT2D eigenvalue weighted by Gasteiger charge is -2.17. The summed E-state index contributed by atoms with van der Waals surface area (Å²) in [6.45, 7) is 0. The number of fused-ring (bicyclic) bond motifs is 3. The standard InChI is InChI=1S/C56H35N7/c57-36-43-25-13-14-26-44(43)41-29-31-46-45-27-15-16-28-50(45)63(52(46)34-41)51-32-30-42(49-35-48(37-17-5-1-6-18-37)58-53(59-49)38-19-7-2-8-20-38)33-47(51)56-61-54(39-21-9-3-10-22-39)60-55(62-56)40-23-11-4-12-24-40/h1-35H. The Labute approximate surface area is 364 Å². The largest absolute Gasteiger partial charge is 0.308 e. The first kappa shape index (κ1) is 37.2. The molecule has 3 heterocycles. The predicted octanol–water partition coefficient (Wildman–Crippen LogP) is 13.3. The second kappa shape index (κ2) is 16.0. The number of aromatic nitrogens is 6. The Kier molecular flexibility index (Phi) is 9.41. The molecule has 0 aliphatic carbocycles. The third kappa shape index (κ3) is 6.98. The monoisotopic (exact) mass is 805 g/mol. The summed E-state index contributed by atoms with van der Waals surface area (Å²) in [6.07, 6.45) is 0. The SMILES string of the molecule is N#Cc1ccccc1-c1ccc2c3ccccc3n(-c3ccc(-c4cc(-c5ccccc5)nc(-c5ccccc5)n4)cc3-c3nc(-c4ccccc4)nc(-c4ccccc4)n3)c2c1. The van der Waals surface area contributed by atoms with Crippen LogP contribution in [-0.2, 0) is 0 Å². The van der Waals surface area contributed by atoms with Gasteiger partial charge in [0, 0.05) is 44.2 Å². The van der Waals surface area contributed by atoms with Gasteiger partial charge in [-0.25, -0.2) is 24.9 Å². The molecule has 0 atom stereocenters. The topological polar surface area (TPSA) is 93.2 Å². The highest BCUT2D eigenvalue weighted by molar-refractivity contribution is 6.11. The highest BCUT2D eigenvalue weighted by Gasteiger charge is 2.22. The fourth-order valence-corrected chi connectivity index (χ4v) is 8.30. The zero-order valence-electron chi connectivity index (χ0n) is 33.8. The molecule has 0 N–H and O–H groups in total. The summed E-state index contributed by atoms with van der Waals surface area (Å²) >= 11 is 0. The first-order chi connectivity index (χ1) is 31.2. The summed E-state index contributed by atoms with van der Waals surface area (Å²) in [5.41, 5.74) is 12.2. The van der Waals surface area contributed by atoms with E-state index >= 15 is 0 Å². The van der Waals surface area contributed by atoms with Crippen LogP contribution in [-0.4, -0.2) is 29.5 Å². The van der Waals surface area contributed by atoms with Crippen LogP contribution >= 0.6 is 0 Å². The molecule has 0 aliphatic rings. The van der Waals surface area contributed by atoms with E-state index in [0.717, 1.165) is 83.4 Å². The van der Waals surface area contributed by atoms with Crippen LogP contribution in [0, 0.1) is 11.3 Å². The van der Waals surface area contributed by atoms with E-state index in [4.69, 9.17) is 24.9 Å². The van der Waals surface area contributed by atoms with Crippen LogP contribution in [0.25, 0.3) is 107 Å². The molecule has 0 radical (unpaired) electrons. The molecule has 7 heteroatoms. The quantitative estimate of drug-likeness (QED) is 0.152. The lowest BCUT2D eigenvalue weighted by atomic mass is 9.99. The van der Waals surface area contributed by atoms with Gasteiger partial charge in [-0.1, -0.05) is 176 Å². The van der Waals surface area contributed by atoms with Gasteiger partial charge in [-0.15, -0.1) is 0 Å². The van der Waals surface area contributed by atoms with Gasteiger partial charge in [-0.3, -0.25) is 0 Å². The Morgan fingerprint density at radius 1 is 0.333 bits per heavy atom. The first-order valence-electron chi connectivity index (χ1n) is 20.7. The summed E-state index contributed by atoms with van der Waals surface area (Å²) in [4.78, 5) is 25.9. The van der Waals surface area contributed by atoms with Gasteiger partial charge in [-0.05, 0) is 47.5 Å². The van der Waals surface area contributed by atoms with Crippen LogP contribution in [0.15, 0.2) is 212 Å². The van der Waals surface area contributed by atoms with Crippen LogP contribution in [0.1, 0.15) is 5.56 Å². The van der Waals surface area contributed by atoms with Crippen LogP contribution < -0.4 is 0 Å². The van der Waals surface area contributed by atoms with E-state index in [-0.39, 0.29) is 0 Å². The Morgan fingerprint density at radius 3 is 1.46 bits per heavy atom. The third-order valence-electron chi connectivity index (χ3n) is 11.3. The summed E-state index contributed by atoms with van der Waals surface area (Å²) in [6, 6.07) is 73.9. The van der Waals surface area contributed by atoms with Crippen molar-refractivity contribution in [3.8, 4) is 90.9 Å². The van der Waals surface area contributed by atoms with Crippen molar-refractivity contribution in [2.75, 3.05) is 0 Å². The van der Waals surface area contributed by atoms with Gasteiger partial charge in [0.15, 0.2) is 23.3 Å². The second-order valence-electron chi connectivity index (χ2n) is 15.2. The molecule has 63 heavy (non-hydrogen) atoms. The molecule has 3 aromatic heterocycles. The molecule has 294 valence electrons. The van der Waals surface area contributed by atoms with Crippen molar-refractivity contribution in [1.29, 1.82) is 5.26 Å². The minimum Gasteiger partial charge on any atom is -0.308 e. The minimum atomic E-state index is 0.511. The van der Waals surface area contributed by atoms with Crippen molar-refractivity contribution in [1.82, 2.24) is 29.5 Å². The number of hydrogen-bond acceptors (Lipinski definition) is 6. The van der Waals surface area contributed by atoms with Crippen molar-refractivity contribution in [2.24, 2.45) is 0 Å². The van der Waals surface area contributed by atoms with Crippen LogP contribution in [0.2, 0.25) is 0 Å². The fourth-order valence-electron chi connectivity index (χ4n) is 8.30. The van der Waals surface area contributed by atoms with Crippen molar-refractivity contribution < 1.29 is 0 Å². The highest BCUT2D eigenvalue weighted by atomic mass is 15.1. The average Bonchev–Trinajstić information content (AvgIpc) is 3.70. The Bertz CT molecular complexity index is 3390. The van der Waals surface area contributed by atoms with Crippen molar-refractivity contribution in [3.05, 3.63) is 218 Å². The van der Waals surface area contributed by atoms with Gasteiger partial charge in [-0.2, -0.15) is 5.26 Å². The van der Waals surface area contributed by atoms with E-state index < -0.39 is 0 Å². The molecule has 0 amide bonds. The number of nitrogens with zero attached hydrogens (tertiary/aromatic N) is 7. The molecule has 0 fully saturated rings. The molecular formula is C56H35N7. The lowest BCUT2D eigenvalue weighted by Crippen LogP contribution is -2.04. The Hall–Kier alpha value is -8.86. The van der Waals surface area contributed by atoms with Crippen LogP contribution in [0.3, 0.4) is 0 Å². The molecule has 8 aromatic carbocycles. The normalized spacial score (nSPS) is 11.2. The number of para-hydroxylation sites is 1. The molecule has 0 unspecified atom stereocenters. The number of hydrogen-bond donors (Lipinski definition) is 0. The summed E-state index contributed by atoms with van der Waals surface area (Å²) in [5.74, 6) is 2.27. The van der Waals surface area contributed by atoms with E-state index in [1.165, 1.54) is 0 Å². The predicted molar refractivity (Wildman–Crippen MR) is 253 cm³/mol. The zero-order chi connectivity index (χ0) is 42.1. The van der Waals surface area contributed by atoms with E-state index in [1.54, 1.807) is 0 Å². The molecule has 0 spiro atoms.